The molecule has 2 rings (SSSR count). The molecule has 0 radical (unpaired) electrons. The maximum absolute atomic E-state index is 12.3. The Bertz CT molecular complexity index is 885. The average Bonchev–Trinajstić information content (AvgIpc) is 2.76. The zero-order valence-corrected chi connectivity index (χ0v) is 15.9. The lowest BCUT2D eigenvalue weighted by atomic mass is 10.1. The number of hydrogen-bond donors (Lipinski definition) is 3. The van der Waals surface area contributed by atoms with E-state index in [-0.39, 0.29) is 0 Å². The lowest BCUT2D eigenvalue weighted by molar-refractivity contribution is -0.155. The fourth-order valence-corrected chi connectivity index (χ4v) is 2.33. The number of hydrogen-bond acceptors (Lipinski definition) is 6. The van der Waals surface area contributed by atoms with E-state index in [2.05, 4.69) is 16.0 Å². The largest absolute Gasteiger partial charge is 0.497 e. The van der Waals surface area contributed by atoms with Gasteiger partial charge >= 0.3 is 12.0 Å². The molecule has 2 aromatic rings. The van der Waals surface area contributed by atoms with Gasteiger partial charge in [0.15, 0.2) is 0 Å². The van der Waals surface area contributed by atoms with Crippen LogP contribution in [0.15, 0.2) is 54.6 Å². The summed E-state index contributed by atoms with van der Waals surface area (Å²) in [5.74, 6) is -1.67. The minimum absolute atomic E-state index is 0.300. The van der Waals surface area contributed by atoms with E-state index < -0.39 is 36.5 Å². The van der Waals surface area contributed by atoms with Gasteiger partial charge in [-0.05, 0) is 18.2 Å². The van der Waals surface area contributed by atoms with E-state index in [0.29, 0.717) is 16.9 Å². The molecule has 4 amide bonds. The smallest absolute Gasteiger partial charge is 0.326 e. The molecule has 2 aromatic carbocycles. The Morgan fingerprint density at radius 1 is 1.00 bits per heavy atom. The van der Waals surface area contributed by atoms with E-state index in [4.69, 9.17) is 9.47 Å². The van der Waals surface area contributed by atoms with Crippen molar-refractivity contribution in [2.75, 3.05) is 20.7 Å². The van der Waals surface area contributed by atoms with Crippen LogP contribution in [-0.4, -0.2) is 44.5 Å². The molecule has 0 saturated heterocycles. The number of nitrogens with one attached hydrogen (secondary N) is 3. The fourth-order valence-electron chi connectivity index (χ4n) is 2.33. The Labute approximate surface area is 167 Å². The van der Waals surface area contributed by atoms with Gasteiger partial charge in [0.2, 0.25) is 6.10 Å². The average molecular weight is 399 g/mol. The first-order valence-electron chi connectivity index (χ1n) is 8.64. The number of rotatable bonds is 7. The molecule has 0 aromatic heterocycles. The molecule has 0 aliphatic carbocycles. The number of urea groups is 1. The second kappa shape index (κ2) is 10.5. The summed E-state index contributed by atoms with van der Waals surface area (Å²) >= 11 is 0. The molecule has 0 saturated carbocycles. The maximum atomic E-state index is 12.3. The molecule has 29 heavy (non-hydrogen) atoms. The maximum Gasteiger partial charge on any atom is 0.326 e. The van der Waals surface area contributed by atoms with Crippen molar-refractivity contribution in [2.24, 2.45) is 0 Å². The molecule has 0 spiro atoms. The molecule has 0 aliphatic rings. The molecular formula is C20H21N3O6. The van der Waals surface area contributed by atoms with Gasteiger partial charge in [0.25, 0.3) is 11.8 Å². The van der Waals surface area contributed by atoms with Gasteiger partial charge in [-0.1, -0.05) is 36.4 Å². The van der Waals surface area contributed by atoms with Crippen molar-refractivity contribution in [1.29, 1.82) is 0 Å². The van der Waals surface area contributed by atoms with Crippen LogP contribution in [0.3, 0.4) is 0 Å². The zero-order chi connectivity index (χ0) is 21.2. The second-order valence-electron chi connectivity index (χ2n) is 5.76. The molecule has 1 atom stereocenters. The van der Waals surface area contributed by atoms with E-state index in [0.717, 1.165) is 0 Å². The Hall–Kier alpha value is -3.88. The highest BCUT2D eigenvalue weighted by atomic mass is 16.5. The summed E-state index contributed by atoms with van der Waals surface area (Å²) < 4.78 is 10.3. The van der Waals surface area contributed by atoms with E-state index in [1.165, 1.54) is 20.2 Å². The highest BCUT2D eigenvalue weighted by Gasteiger charge is 2.26. The van der Waals surface area contributed by atoms with E-state index in [9.17, 15) is 19.2 Å². The summed E-state index contributed by atoms with van der Waals surface area (Å²) in [6, 6.07) is 13.9. The normalized spacial score (nSPS) is 11.0. The number of carbonyl (C=O) groups is 4. The Morgan fingerprint density at radius 3 is 2.38 bits per heavy atom. The standard InChI is InChI=1S/C20H21N3O6/c1-21-20(27)23-19(26)17(13-7-4-3-5-8-13)29-16(24)12-22-18(25)14-9-6-10-15(11-14)28-2/h3-11,17H,12H2,1-2H3,(H,22,25)(H2,21,23,26,27)/t17-/m1/s1. The number of methoxy groups -OCH3 is 1. The summed E-state index contributed by atoms with van der Waals surface area (Å²) in [5, 5.41) is 6.73. The van der Waals surface area contributed by atoms with Crippen molar-refractivity contribution >= 4 is 23.8 Å². The van der Waals surface area contributed by atoms with Gasteiger partial charge in [-0.3, -0.25) is 19.7 Å². The van der Waals surface area contributed by atoms with Crippen LogP contribution >= 0.6 is 0 Å². The Morgan fingerprint density at radius 2 is 1.72 bits per heavy atom. The number of benzene rings is 2. The fraction of sp³-hybridized carbons (Fsp3) is 0.200. The molecule has 9 nitrogen and oxygen atoms in total. The first kappa shape index (κ1) is 21.4. The molecule has 3 N–H and O–H groups in total. The van der Waals surface area contributed by atoms with Crippen LogP contribution in [0.2, 0.25) is 0 Å². The van der Waals surface area contributed by atoms with Crippen LogP contribution in [0.5, 0.6) is 5.75 Å². The lowest BCUT2D eigenvalue weighted by Crippen LogP contribution is -2.42. The summed E-state index contributed by atoms with van der Waals surface area (Å²) in [7, 11) is 2.82. The van der Waals surface area contributed by atoms with Gasteiger partial charge < -0.3 is 20.1 Å². The minimum atomic E-state index is -1.35. The van der Waals surface area contributed by atoms with Crippen LogP contribution in [0.25, 0.3) is 0 Å². The van der Waals surface area contributed by atoms with Crippen molar-refractivity contribution in [1.82, 2.24) is 16.0 Å². The number of esters is 1. The third kappa shape index (κ3) is 6.35. The van der Waals surface area contributed by atoms with E-state index in [1.54, 1.807) is 48.5 Å². The van der Waals surface area contributed by atoms with Crippen molar-refractivity contribution < 1.29 is 28.7 Å². The van der Waals surface area contributed by atoms with Gasteiger partial charge in [-0.2, -0.15) is 0 Å². The van der Waals surface area contributed by atoms with Gasteiger partial charge in [0, 0.05) is 18.2 Å². The van der Waals surface area contributed by atoms with Gasteiger partial charge in [-0.15, -0.1) is 0 Å². The zero-order valence-electron chi connectivity index (χ0n) is 15.9. The van der Waals surface area contributed by atoms with E-state index >= 15 is 0 Å². The van der Waals surface area contributed by atoms with Crippen molar-refractivity contribution in [3.63, 3.8) is 0 Å². The predicted molar refractivity (Wildman–Crippen MR) is 103 cm³/mol. The Kier molecular flexibility index (Phi) is 7.72. The lowest BCUT2D eigenvalue weighted by Gasteiger charge is -2.17. The molecule has 152 valence electrons. The molecule has 9 heteroatoms. The first-order valence-corrected chi connectivity index (χ1v) is 8.64. The predicted octanol–water partition coefficient (Wildman–Crippen LogP) is 1.17. The van der Waals surface area contributed by atoms with Crippen LogP contribution < -0.4 is 20.7 Å². The minimum Gasteiger partial charge on any atom is -0.497 e. The summed E-state index contributed by atoms with van der Waals surface area (Å²) in [4.78, 5) is 48.1. The Balaban J connectivity index is 2.02. The van der Waals surface area contributed by atoms with Crippen LogP contribution in [0.1, 0.15) is 22.0 Å². The van der Waals surface area contributed by atoms with Crippen LogP contribution in [-0.2, 0) is 14.3 Å². The summed E-state index contributed by atoms with van der Waals surface area (Å²) in [6.07, 6.45) is -1.35. The summed E-state index contributed by atoms with van der Waals surface area (Å²) in [6.45, 7) is -0.466. The third-order valence-electron chi connectivity index (χ3n) is 3.78. The monoisotopic (exact) mass is 399 g/mol. The highest BCUT2D eigenvalue weighted by molar-refractivity contribution is 5.98. The quantitative estimate of drug-likeness (QED) is 0.601. The van der Waals surface area contributed by atoms with Crippen molar-refractivity contribution in [3.8, 4) is 5.75 Å². The van der Waals surface area contributed by atoms with Gasteiger partial charge in [0.1, 0.15) is 12.3 Å². The molecule has 0 fully saturated rings. The molecule has 0 heterocycles. The molecule has 0 aliphatic heterocycles. The number of imide groups is 1. The molecule has 0 bridgehead atoms. The topological polar surface area (TPSA) is 123 Å². The SMILES string of the molecule is CNC(=O)NC(=O)[C@H](OC(=O)CNC(=O)c1cccc(OC)c1)c1ccccc1. The van der Waals surface area contributed by atoms with E-state index in [1.807, 2.05) is 0 Å². The number of amides is 4. The highest BCUT2D eigenvalue weighted by Crippen LogP contribution is 2.18. The third-order valence-corrected chi connectivity index (χ3v) is 3.78. The number of carbonyl (C=O) groups excluding carboxylic acids is 4. The van der Waals surface area contributed by atoms with Crippen LogP contribution in [0.4, 0.5) is 4.79 Å². The van der Waals surface area contributed by atoms with Crippen molar-refractivity contribution in [2.45, 2.75) is 6.10 Å². The van der Waals surface area contributed by atoms with Crippen molar-refractivity contribution in [3.05, 3.63) is 65.7 Å². The molecule has 0 unspecified atom stereocenters. The summed E-state index contributed by atoms with van der Waals surface area (Å²) in [5.41, 5.74) is 0.676. The first-order chi connectivity index (χ1) is 13.9. The number of ether oxygens (including phenoxy) is 2. The van der Waals surface area contributed by atoms with Gasteiger partial charge in [-0.25, -0.2) is 4.79 Å². The second-order valence-corrected chi connectivity index (χ2v) is 5.76. The molecular weight excluding hydrogens is 378 g/mol. The van der Waals surface area contributed by atoms with Gasteiger partial charge in [0.05, 0.1) is 7.11 Å². The van der Waals surface area contributed by atoms with Crippen LogP contribution in [0, 0.1) is 0 Å².